The molecule has 0 bridgehead atoms. The molecule has 0 aliphatic carbocycles. The van der Waals surface area contributed by atoms with Gasteiger partial charge in [-0.3, -0.25) is 9.48 Å². The zero-order chi connectivity index (χ0) is 24.8. The zero-order valence-electron chi connectivity index (χ0n) is 19.8. The first kappa shape index (κ1) is 23.9. The monoisotopic (exact) mass is 478 g/mol. The molecule has 0 amide bonds. The van der Waals surface area contributed by atoms with Gasteiger partial charge in [0.15, 0.2) is 11.6 Å². The van der Waals surface area contributed by atoms with Gasteiger partial charge in [-0.1, -0.05) is 12.1 Å². The molecule has 2 aromatic carbocycles. The van der Waals surface area contributed by atoms with Gasteiger partial charge in [-0.15, -0.1) is 0 Å². The van der Waals surface area contributed by atoms with Gasteiger partial charge in [0.1, 0.15) is 5.75 Å². The quantitative estimate of drug-likeness (QED) is 0.300. The molecule has 10 heteroatoms. The van der Waals surface area contributed by atoms with E-state index in [1.807, 2.05) is 44.2 Å². The van der Waals surface area contributed by atoms with Gasteiger partial charge in [0.05, 0.1) is 49.3 Å². The van der Waals surface area contributed by atoms with Crippen LogP contribution in [-0.4, -0.2) is 38.4 Å². The van der Waals surface area contributed by atoms with Crippen LogP contribution < -0.4 is 15.4 Å². The summed E-state index contributed by atoms with van der Waals surface area (Å²) in [7, 11) is 0. The number of hydrogen-bond acceptors (Lipinski definition) is 8. The number of aromatic nitrogens is 4. The second-order valence-electron chi connectivity index (χ2n) is 8.00. The molecule has 0 atom stereocenters. The van der Waals surface area contributed by atoms with Crippen molar-refractivity contribution in [3.8, 4) is 5.75 Å². The number of carbonyl (C=O) groups excluding carboxylic acids is 1. The molecule has 9 nitrogen and oxygen atoms in total. The normalized spacial score (nSPS) is 11.0. The molecule has 0 spiro atoms. The van der Waals surface area contributed by atoms with Gasteiger partial charge in [0.25, 0.3) is 0 Å². The average Bonchev–Trinajstić information content (AvgIpc) is 3.23. The van der Waals surface area contributed by atoms with Gasteiger partial charge >= 0.3 is 5.97 Å². The summed E-state index contributed by atoms with van der Waals surface area (Å²) in [6.45, 7) is 6.35. The maximum Gasteiger partial charge on any atom is 0.307 e. The lowest BCUT2D eigenvalue weighted by atomic mass is 10.2. The molecule has 0 saturated carbocycles. The fourth-order valence-corrected chi connectivity index (χ4v) is 3.46. The highest BCUT2D eigenvalue weighted by Crippen LogP contribution is 2.29. The smallest absolute Gasteiger partial charge is 0.307 e. The highest BCUT2D eigenvalue weighted by Gasteiger charge is 2.13. The van der Waals surface area contributed by atoms with Crippen LogP contribution in [0.1, 0.15) is 27.2 Å². The van der Waals surface area contributed by atoms with E-state index in [4.69, 9.17) is 9.47 Å². The van der Waals surface area contributed by atoms with Crippen LogP contribution in [0.5, 0.6) is 5.75 Å². The summed E-state index contributed by atoms with van der Waals surface area (Å²) in [6.07, 6.45) is 3.02. The van der Waals surface area contributed by atoms with E-state index in [0.29, 0.717) is 30.3 Å². The summed E-state index contributed by atoms with van der Waals surface area (Å²) in [4.78, 5) is 20.1. The van der Waals surface area contributed by atoms with Crippen LogP contribution in [-0.2, 0) is 16.1 Å². The van der Waals surface area contributed by atoms with Crippen molar-refractivity contribution in [2.24, 2.45) is 0 Å². The molecule has 2 N–H and O–H groups in total. The number of fused-ring (bicyclic) bond motifs is 1. The molecule has 0 aliphatic heterocycles. The van der Waals surface area contributed by atoms with Gasteiger partial charge in [-0.2, -0.15) is 10.1 Å². The van der Waals surface area contributed by atoms with E-state index in [9.17, 15) is 9.18 Å². The number of nitrogens with one attached hydrogen (secondary N) is 2. The summed E-state index contributed by atoms with van der Waals surface area (Å²) in [5, 5.41) is 11.4. The Morgan fingerprint density at radius 2 is 1.97 bits per heavy atom. The topological polar surface area (TPSA) is 103 Å². The number of anilines is 4. The van der Waals surface area contributed by atoms with Crippen molar-refractivity contribution in [2.75, 3.05) is 17.2 Å². The fourth-order valence-electron chi connectivity index (χ4n) is 3.46. The Morgan fingerprint density at radius 1 is 1.14 bits per heavy atom. The molecule has 0 aliphatic rings. The molecule has 35 heavy (non-hydrogen) atoms. The number of rotatable bonds is 10. The first-order valence-corrected chi connectivity index (χ1v) is 11.4. The number of carbonyl (C=O) groups is 1. The van der Waals surface area contributed by atoms with Crippen molar-refractivity contribution in [3.05, 3.63) is 60.7 Å². The zero-order valence-corrected chi connectivity index (χ0v) is 19.8. The van der Waals surface area contributed by atoms with Crippen molar-refractivity contribution >= 4 is 40.0 Å². The number of hydrogen-bond donors (Lipinski definition) is 2. The molecule has 2 heterocycles. The number of ether oxygens (including phenoxy) is 2. The van der Waals surface area contributed by atoms with Crippen LogP contribution in [0, 0.1) is 5.82 Å². The first-order valence-electron chi connectivity index (χ1n) is 11.4. The molecule has 4 rings (SSSR count). The second kappa shape index (κ2) is 10.8. The van der Waals surface area contributed by atoms with Crippen LogP contribution >= 0.6 is 0 Å². The highest BCUT2D eigenvalue weighted by atomic mass is 19.1. The number of nitrogens with zero attached hydrogens (tertiary/aromatic N) is 4. The number of esters is 1. The molecule has 4 aromatic rings. The van der Waals surface area contributed by atoms with Crippen molar-refractivity contribution in [1.29, 1.82) is 0 Å². The van der Waals surface area contributed by atoms with Crippen molar-refractivity contribution in [1.82, 2.24) is 19.7 Å². The third-order valence-corrected chi connectivity index (χ3v) is 4.98. The summed E-state index contributed by atoms with van der Waals surface area (Å²) in [6, 6.07) is 12.9. The minimum Gasteiger partial charge on any atom is -0.489 e. The Morgan fingerprint density at radius 3 is 2.77 bits per heavy atom. The van der Waals surface area contributed by atoms with E-state index >= 15 is 0 Å². The van der Waals surface area contributed by atoms with Crippen molar-refractivity contribution in [3.63, 3.8) is 0 Å². The van der Waals surface area contributed by atoms with Gasteiger partial charge in [0, 0.05) is 11.1 Å². The van der Waals surface area contributed by atoms with E-state index in [-0.39, 0.29) is 30.3 Å². The largest absolute Gasteiger partial charge is 0.489 e. The SMILES string of the molecule is CCOC(=O)CCn1ncc2ccc(Nc3ncc(F)c(Nc4ccccc4OC(C)C)n3)cc21. The predicted molar refractivity (Wildman–Crippen MR) is 132 cm³/mol. The van der Waals surface area contributed by atoms with Crippen LogP contribution in [0.4, 0.5) is 27.5 Å². The lowest BCUT2D eigenvalue weighted by Crippen LogP contribution is -2.10. The first-order chi connectivity index (χ1) is 16.9. The van der Waals surface area contributed by atoms with Gasteiger partial charge < -0.3 is 20.1 Å². The second-order valence-corrected chi connectivity index (χ2v) is 8.00. The van der Waals surface area contributed by atoms with Crippen LogP contribution in [0.3, 0.4) is 0 Å². The standard InChI is InChI=1S/C25H27FN6O3/c1-4-34-23(33)11-12-32-21-13-18(10-9-17(21)14-28-32)29-25-27-15-19(26)24(31-25)30-20-7-5-6-8-22(20)35-16(2)3/h5-10,13-16H,4,11-12H2,1-3H3,(H2,27,29,30,31). The maximum absolute atomic E-state index is 14.5. The third kappa shape index (κ3) is 6.03. The lowest BCUT2D eigenvalue weighted by Gasteiger charge is -2.15. The summed E-state index contributed by atoms with van der Waals surface area (Å²) in [5.74, 6) is -0.0413. The number of para-hydroxylation sites is 2. The van der Waals surface area contributed by atoms with Crippen LogP contribution in [0.25, 0.3) is 10.9 Å². The number of aryl methyl sites for hydroxylation is 1. The highest BCUT2D eigenvalue weighted by molar-refractivity contribution is 5.83. The van der Waals surface area contributed by atoms with E-state index < -0.39 is 5.82 Å². The van der Waals surface area contributed by atoms with E-state index in [1.165, 1.54) is 0 Å². The molecule has 0 radical (unpaired) electrons. The van der Waals surface area contributed by atoms with E-state index in [2.05, 4.69) is 25.7 Å². The van der Waals surface area contributed by atoms with Crippen molar-refractivity contribution < 1.29 is 18.7 Å². The molecule has 0 fully saturated rings. The molecular formula is C25H27FN6O3. The minimum absolute atomic E-state index is 0.0165. The Balaban J connectivity index is 1.53. The Bertz CT molecular complexity index is 1320. The predicted octanol–water partition coefficient (Wildman–Crippen LogP) is 5.19. The van der Waals surface area contributed by atoms with E-state index in [1.54, 1.807) is 29.9 Å². The van der Waals surface area contributed by atoms with Crippen LogP contribution in [0.2, 0.25) is 0 Å². The molecule has 0 saturated heterocycles. The lowest BCUT2D eigenvalue weighted by molar-refractivity contribution is -0.143. The van der Waals surface area contributed by atoms with Gasteiger partial charge in [-0.05, 0) is 51.1 Å². The van der Waals surface area contributed by atoms with E-state index in [0.717, 1.165) is 17.1 Å². The average molecular weight is 479 g/mol. The number of halogens is 1. The summed E-state index contributed by atoms with van der Waals surface area (Å²) >= 11 is 0. The Hall–Kier alpha value is -4.21. The minimum atomic E-state index is -0.595. The van der Waals surface area contributed by atoms with Gasteiger partial charge in [0.2, 0.25) is 5.95 Å². The van der Waals surface area contributed by atoms with Crippen molar-refractivity contribution in [2.45, 2.75) is 39.8 Å². The molecule has 0 unspecified atom stereocenters. The van der Waals surface area contributed by atoms with Gasteiger partial charge in [-0.25, -0.2) is 9.37 Å². The third-order valence-electron chi connectivity index (χ3n) is 4.98. The molecule has 2 aromatic heterocycles. The maximum atomic E-state index is 14.5. The molecule has 182 valence electrons. The van der Waals surface area contributed by atoms with Crippen LogP contribution in [0.15, 0.2) is 54.9 Å². The summed E-state index contributed by atoms with van der Waals surface area (Å²) < 4.78 is 27.0. The fraction of sp³-hybridized carbons (Fsp3) is 0.280. The Labute approximate surface area is 202 Å². The number of benzene rings is 2. The Kier molecular flexibility index (Phi) is 7.39. The summed E-state index contributed by atoms with van der Waals surface area (Å²) in [5.41, 5.74) is 2.12. The molecular weight excluding hydrogens is 451 g/mol.